The van der Waals surface area contributed by atoms with Crippen molar-refractivity contribution >= 4 is 69.4 Å². The van der Waals surface area contributed by atoms with Crippen molar-refractivity contribution in [1.29, 1.82) is 0 Å². The largest absolute Gasteiger partial charge is 0.348 e. The first-order valence-corrected chi connectivity index (χ1v) is 9.92. The van der Waals surface area contributed by atoms with Gasteiger partial charge in [-0.15, -0.1) is 22.7 Å². The van der Waals surface area contributed by atoms with Crippen molar-refractivity contribution in [3.63, 3.8) is 0 Å². The second-order valence-corrected chi connectivity index (χ2v) is 8.69. The third kappa shape index (κ3) is 5.17. The van der Waals surface area contributed by atoms with Gasteiger partial charge in [-0.05, 0) is 60.7 Å². The fourth-order valence-electron chi connectivity index (χ4n) is 1.72. The Morgan fingerprint density at radius 3 is 2.41 bits per heavy atom. The van der Waals surface area contributed by atoms with Crippen LogP contribution in [0.2, 0.25) is 0 Å². The molecule has 0 spiro atoms. The third-order valence-electron chi connectivity index (χ3n) is 2.64. The molecule has 22 heavy (non-hydrogen) atoms. The number of hydrogen-bond donors (Lipinski definition) is 0. The van der Waals surface area contributed by atoms with Crippen LogP contribution in [0.4, 0.5) is 5.69 Å². The number of rotatable bonds is 7. The quantitative estimate of drug-likeness (QED) is 0.219. The van der Waals surface area contributed by atoms with Gasteiger partial charge in [0, 0.05) is 23.0 Å². The van der Waals surface area contributed by atoms with Crippen LogP contribution in [-0.4, -0.2) is 19.4 Å². The van der Waals surface area contributed by atoms with E-state index in [4.69, 9.17) is 21.7 Å². The Hall–Kier alpha value is -0.190. The first-order chi connectivity index (χ1) is 10.6. The van der Waals surface area contributed by atoms with E-state index < -0.39 is 0 Å². The Morgan fingerprint density at radius 2 is 1.82 bits per heavy atom. The summed E-state index contributed by atoms with van der Waals surface area (Å²) in [7, 11) is 0. The summed E-state index contributed by atoms with van der Waals surface area (Å²) in [6.07, 6.45) is 1.48. The molecule has 0 fully saturated rings. The van der Waals surface area contributed by atoms with Gasteiger partial charge in [-0.1, -0.05) is 12.2 Å². The molecule has 0 unspecified atom stereocenters. The summed E-state index contributed by atoms with van der Waals surface area (Å²) in [5.74, 6) is 0. The third-order valence-corrected chi connectivity index (χ3v) is 6.00. The smallest absolute Gasteiger partial charge is 0.194 e. The predicted octanol–water partition coefficient (Wildman–Crippen LogP) is 5.97. The number of halogens is 1. The maximum atomic E-state index is 5.68. The minimum atomic E-state index is -0.369. The van der Waals surface area contributed by atoms with Crippen LogP contribution < -0.4 is 0 Å². The summed E-state index contributed by atoms with van der Waals surface area (Å²) >= 11 is 10.7. The standard InChI is InChI=1S/C15H16INO2S3/c1-3-18-14(19-4-2)13-12(21-15(20)22-13)9-17-11-7-5-10(16)6-8-11/h5-9,14H,3-4H2,1-2H3. The lowest BCUT2D eigenvalue weighted by molar-refractivity contribution is -0.138. The molecule has 0 radical (unpaired) electrons. The molecule has 0 bridgehead atoms. The summed E-state index contributed by atoms with van der Waals surface area (Å²) in [4.78, 5) is 6.52. The summed E-state index contributed by atoms with van der Waals surface area (Å²) < 4.78 is 13.4. The van der Waals surface area contributed by atoms with E-state index in [0.29, 0.717) is 13.2 Å². The van der Waals surface area contributed by atoms with Gasteiger partial charge in [0.05, 0.1) is 15.4 Å². The molecular weight excluding hydrogens is 449 g/mol. The summed E-state index contributed by atoms with van der Waals surface area (Å²) in [5.41, 5.74) is 0.917. The second-order valence-electron chi connectivity index (χ2n) is 4.16. The molecule has 2 rings (SSSR count). The highest BCUT2D eigenvalue weighted by molar-refractivity contribution is 14.1. The van der Waals surface area contributed by atoms with Crippen LogP contribution in [0.5, 0.6) is 0 Å². The molecule has 0 aliphatic rings. The number of aliphatic imine (C=N–C) groups is 1. The van der Waals surface area contributed by atoms with Gasteiger partial charge in [0.2, 0.25) is 0 Å². The van der Waals surface area contributed by atoms with Crippen LogP contribution >= 0.6 is 57.5 Å². The van der Waals surface area contributed by atoms with E-state index in [0.717, 1.165) is 18.6 Å². The molecule has 0 amide bonds. The zero-order valence-electron chi connectivity index (χ0n) is 12.2. The van der Waals surface area contributed by atoms with Crippen molar-refractivity contribution in [3.05, 3.63) is 40.7 Å². The van der Waals surface area contributed by atoms with E-state index in [-0.39, 0.29) is 6.29 Å². The average Bonchev–Trinajstić information content (AvgIpc) is 2.87. The molecule has 1 heterocycles. The lowest BCUT2D eigenvalue weighted by Gasteiger charge is -2.15. The molecule has 0 N–H and O–H groups in total. The molecule has 0 atom stereocenters. The highest BCUT2D eigenvalue weighted by Crippen LogP contribution is 2.32. The zero-order valence-corrected chi connectivity index (χ0v) is 16.9. The molecule has 1 aromatic heterocycles. The van der Waals surface area contributed by atoms with Crippen LogP contribution in [-0.2, 0) is 9.47 Å². The van der Waals surface area contributed by atoms with Crippen molar-refractivity contribution in [3.8, 4) is 0 Å². The second kappa shape index (κ2) is 9.19. The topological polar surface area (TPSA) is 30.8 Å². The maximum Gasteiger partial charge on any atom is 0.194 e. The summed E-state index contributed by atoms with van der Waals surface area (Å²) in [6, 6.07) is 8.05. The maximum absolute atomic E-state index is 5.68. The molecule has 2 aromatic rings. The minimum Gasteiger partial charge on any atom is -0.348 e. The number of ether oxygens (including phenoxy) is 2. The molecule has 7 heteroatoms. The van der Waals surface area contributed by atoms with E-state index in [1.807, 2.05) is 44.3 Å². The molecule has 0 saturated heterocycles. The van der Waals surface area contributed by atoms with Gasteiger partial charge in [-0.2, -0.15) is 0 Å². The molecule has 1 aromatic carbocycles. The molecule has 0 aliphatic carbocycles. The van der Waals surface area contributed by atoms with E-state index in [2.05, 4.69) is 27.6 Å². The van der Waals surface area contributed by atoms with Crippen molar-refractivity contribution in [1.82, 2.24) is 0 Å². The van der Waals surface area contributed by atoms with Crippen LogP contribution in [0.15, 0.2) is 29.3 Å². The average molecular weight is 465 g/mol. The highest BCUT2D eigenvalue weighted by Gasteiger charge is 2.18. The highest BCUT2D eigenvalue weighted by atomic mass is 127. The Balaban J connectivity index is 2.27. The summed E-state index contributed by atoms with van der Waals surface area (Å²) in [6.45, 7) is 5.09. The van der Waals surface area contributed by atoms with E-state index in [9.17, 15) is 0 Å². The van der Waals surface area contributed by atoms with Crippen LogP contribution in [0.3, 0.4) is 0 Å². The van der Waals surface area contributed by atoms with Gasteiger partial charge in [0.1, 0.15) is 3.14 Å². The lowest BCUT2D eigenvalue weighted by Crippen LogP contribution is -2.08. The van der Waals surface area contributed by atoms with Crippen molar-refractivity contribution in [2.75, 3.05) is 13.2 Å². The monoisotopic (exact) mass is 465 g/mol. The zero-order chi connectivity index (χ0) is 15.9. The fraction of sp³-hybridized carbons (Fsp3) is 0.333. The van der Waals surface area contributed by atoms with Gasteiger partial charge >= 0.3 is 0 Å². The first-order valence-electron chi connectivity index (χ1n) is 6.80. The SMILES string of the molecule is CCOC(OCC)c1sc(=S)sc1C=Nc1ccc(I)cc1. The van der Waals surface area contributed by atoms with Gasteiger partial charge in [-0.25, -0.2) is 0 Å². The molecule has 0 aliphatic heterocycles. The Kier molecular flexibility index (Phi) is 7.58. The lowest BCUT2D eigenvalue weighted by atomic mass is 10.3. The normalized spacial score (nSPS) is 11.6. The van der Waals surface area contributed by atoms with Gasteiger partial charge in [0.15, 0.2) is 6.29 Å². The fourth-order valence-corrected chi connectivity index (χ4v) is 4.62. The van der Waals surface area contributed by atoms with Crippen molar-refractivity contribution < 1.29 is 9.47 Å². The Bertz CT molecular complexity index is 673. The van der Waals surface area contributed by atoms with E-state index in [1.54, 1.807) is 0 Å². The van der Waals surface area contributed by atoms with Crippen LogP contribution in [0.1, 0.15) is 29.9 Å². The van der Waals surface area contributed by atoms with E-state index >= 15 is 0 Å². The molecule has 3 nitrogen and oxygen atoms in total. The van der Waals surface area contributed by atoms with Gasteiger partial charge < -0.3 is 9.47 Å². The van der Waals surface area contributed by atoms with Crippen molar-refractivity contribution in [2.45, 2.75) is 20.1 Å². The molecular formula is C15H16INO2S3. The Morgan fingerprint density at radius 1 is 1.18 bits per heavy atom. The van der Waals surface area contributed by atoms with Gasteiger partial charge in [0.25, 0.3) is 0 Å². The number of nitrogens with zero attached hydrogens (tertiary/aromatic N) is 1. The molecule has 118 valence electrons. The summed E-state index contributed by atoms with van der Waals surface area (Å²) in [5, 5.41) is 0. The minimum absolute atomic E-state index is 0.369. The van der Waals surface area contributed by atoms with E-state index in [1.165, 1.54) is 26.2 Å². The van der Waals surface area contributed by atoms with Crippen LogP contribution in [0.25, 0.3) is 0 Å². The number of benzene rings is 1. The first kappa shape index (κ1) is 18.2. The van der Waals surface area contributed by atoms with Gasteiger partial charge in [-0.3, -0.25) is 4.99 Å². The predicted molar refractivity (Wildman–Crippen MR) is 105 cm³/mol. The van der Waals surface area contributed by atoms with Crippen LogP contribution in [0, 0.1) is 6.71 Å². The Labute approximate surface area is 157 Å². The van der Waals surface area contributed by atoms with Crippen molar-refractivity contribution in [2.24, 2.45) is 4.99 Å². The molecule has 0 saturated carbocycles. The number of hydrogen-bond acceptors (Lipinski definition) is 6.